The number of nitrogens with zero attached hydrogens (tertiary/aromatic N) is 1. The maximum atomic E-state index is 5.86. The highest BCUT2D eigenvalue weighted by molar-refractivity contribution is 6.30. The molecule has 1 aromatic carbocycles. The molecule has 0 aliphatic heterocycles. The molecule has 1 N–H and O–H groups in total. The molecule has 0 aliphatic carbocycles. The molecule has 0 amide bonds. The Hall–Kier alpha value is -1.58. The molecular formula is C14H15ClN2O. The molecule has 0 bridgehead atoms. The number of rotatable bonds is 4. The molecule has 0 fully saturated rings. The third-order valence-electron chi connectivity index (χ3n) is 2.78. The first-order valence-corrected chi connectivity index (χ1v) is 6.05. The van der Waals surface area contributed by atoms with Gasteiger partial charge in [0.1, 0.15) is 5.75 Å². The van der Waals surface area contributed by atoms with Gasteiger partial charge in [0.15, 0.2) is 0 Å². The first-order valence-electron chi connectivity index (χ1n) is 5.68. The van der Waals surface area contributed by atoms with Crippen molar-refractivity contribution in [2.24, 2.45) is 0 Å². The largest absolute Gasteiger partial charge is 0.496 e. The fraction of sp³-hybridized carbons (Fsp3) is 0.214. The summed E-state index contributed by atoms with van der Waals surface area (Å²) in [5, 5.41) is 3.88. The lowest BCUT2D eigenvalue weighted by Crippen LogP contribution is -2.19. The van der Waals surface area contributed by atoms with Crippen molar-refractivity contribution < 1.29 is 4.74 Å². The maximum Gasteiger partial charge on any atom is 0.124 e. The topological polar surface area (TPSA) is 34.2 Å². The van der Waals surface area contributed by atoms with E-state index in [1.807, 2.05) is 43.4 Å². The van der Waals surface area contributed by atoms with Gasteiger partial charge < -0.3 is 10.1 Å². The Morgan fingerprint density at radius 3 is 2.61 bits per heavy atom. The number of ether oxygens (including phenoxy) is 1. The second kappa shape index (κ2) is 5.85. The Morgan fingerprint density at radius 2 is 2.00 bits per heavy atom. The molecule has 2 rings (SSSR count). The maximum absolute atomic E-state index is 5.86. The zero-order chi connectivity index (χ0) is 13.0. The SMILES string of the molecule is CNC(c1ccc(Cl)cn1)c1ccccc1OC. The lowest BCUT2D eigenvalue weighted by atomic mass is 10.0. The summed E-state index contributed by atoms with van der Waals surface area (Å²) in [6.45, 7) is 0. The molecule has 18 heavy (non-hydrogen) atoms. The van der Waals surface area contributed by atoms with Gasteiger partial charge in [-0.2, -0.15) is 0 Å². The van der Waals surface area contributed by atoms with Crippen LogP contribution in [0.3, 0.4) is 0 Å². The highest BCUT2D eigenvalue weighted by Crippen LogP contribution is 2.28. The molecule has 1 heterocycles. The fourth-order valence-electron chi connectivity index (χ4n) is 1.93. The van der Waals surface area contributed by atoms with Crippen molar-refractivity contribution in [3.05, 3.63) is 58.9 Å². The van der Waals surface area contributed by atoms with Gasteiger partial charge in [-0.25, -0.2) is 0 Å². The predicted octanol–water partition coefficient (Wildman–Crippen LogP) is 3.05. The van der Waals surface area contributed by atoms with Gasteiger partial charge in [0, 0.05) is 11.8 Å². The molecule has 0 saturated heterocycles. The molecule has 3 nitrogen and oxygen atoms in total. The number of hydrogen-bond acceptors (Lipinski definition) is 3. The molecule has 1 unspecified atom stereocenters. The van der Waals surface area contributed by atoms with Crippen molar-refractivity contribution in [3.63, 3.8) is 0 Å². The summed E-state index contributed by atoms with van der Waals surface area (Å²) < 4.78 is 5.38. The van der Waals surface area contributed by atoms with Crippen molar-refractivity contribution in [2.75, 3.05) is 14.2 Å². The van der Waals surface area contributed by atoms with Gasteiger partial charge in [0.25, 0.3) is 0 Å². The van der Waals surface area contributed by atoms with E-state index in [9.17, 15) is 0 Å². The molecule has 4 heteroatoms. The zero-order valence-corrected chi connectivity index (χ0v) is 11.1. The van der Waals surface area contributed by atoms with Crippen LogP contribution in [0.1, 0.15) is 17.3 Å². The molecule has 2 aromatic rings. The number of benzene rings is 1. The number of methoxy groups -OCH3 is 1. The van der Waals surface area contributed by atoms with Gasteiger partial charge in [0.05, 0.1) is 23.9 Å². The highest BCUT2D eigenvalue weighted by Gasteiger charge is 2.17. The van der Waals surface area contributed by atoms with Crippen LogP contribution in [0.4, 0.5) is 0 Å². The Bertz CT molecular complexity index is 513. The Labute approximate surface area is 112 Å². The van der Waals surface area contributed by atoms with Crippen LogP contribution in [0.25, 0.3) is 0 Å². The molecule has 0 spiro atoms. The van der Waals surface area contributed by atoms with Crippen molar-refractivity contribution >= 4 is 11.6 Å². The second-order valence-electron chi connectivity index (χ2n) is 3.86. The van der Waals surface area contributed by atoms with Crippen LogP contribution in [0, 0.1) is 0 Å². The van der Waals surface area contributed by atoms with Crippen LogP contribution in [-0.2, 0) is 0 Å². The van der Waals surface area contributed by atoms with Gasteiger partial charge >= 0.3 is 0 Å². The molecule has 0 aliphatic rings. The Morgan fingerprint density at radius 1 is 1.22 bits per heavy atom. The predicted molar refractivity (Wildman–Crippen MR) is 73.1 cm³/mol. The summed E-state index contributed by atoms with van der Waals surface area (Å²) in [6, 6.07) is 11.6. The Balaban J connectivity index is 2.41. The quantitative estimate of drug-likeness (QED) is 0.920. The van der Waals surface area contributed by atoms with Crippen LogP contribution in [0.15, 0.2) is 42.6 Å². The van der Waals surface area contributed by atoms with E-state index in [0.29, 0.717) is 5.02 Å². The standard InChI is InChI=1S/C14H15ClN2O/c1-16-14(12-8-7-10(15)9-17-12)11-5-3-4-6-13(11)18-2/h3-9,14,16H,1-2H3. The third kappa shape index (κ3) is 2.63. The van der Waals surface area contributed by atoms with Crippen LogP contribution in [0.2, 0.25) is 5.02 Å². The van der Waals surface area contributed by atoms with E-state index in [4.69, 9.17) is 16.3 Å². The van der Waals surface area contributed by atoms with Crippen LogP contribution in [-0.4, -0.2) is 19.1 Å². The van der Waals surface area contributed by atoms with Gasteiger partial charge in [-0.3, -0.25) is 4.98 Å². The third-order valence-corrected chi connectivity index (χ3v) is 3.01. The summed E-state index contributed by atoms with van der Waals surface area (Å²) in [5.74, 6) is 0.841. The average Bonchev–Trinajstić information content (AvgIpc) is 2.42. The smallest absolute Gasteiger partial charge is 0.124 e. The van der Waals surface area contributed by atoms with Crippen molar-refractivity contribution in [2.45, 2.75) is 6.04 Å². The van der Waals surface area contributed by atoms with Gasteiger partial charge in [0.2, 0.25) is 0 Å². The van der Waals surface area contributed by atoms with Gasteiger partial charge in [-0.1, -0.05) is 29.8 Å². The lowest BCUT2D eigenvalue weighted by molar-refractivity contribution is 0.405. The van der Waals surface area contributed by atoms with E-state index < -0.39 is 0 Å². The van der Waals surface area contributed by atoms with Crippen molar-refractivity contribution in [1.29, 1.82) is 0 Å². The van der Waals surface area contributed by atoms with E-state index in [-0.39, 0.29) is 6.04 Å². The van der Waals surface area contributed by atoms with E-state index in [0.717, 1.165) is 17.0 Å². The first-order chi connectivity index (χ1) is 8.76. The van der Waals surface area contributed by atoms with Crippen molar-refractivity contribution in [3.8, 4) is 5.75 Å². The number of aromatic nitrogens is 1. The molecule has 1 atom stereocenters. The molecule has 1 aromatic heterocycles. The van der Waals surface area contributed by atoms with Crippen LogP contribution >= 0.6 is 11.6 Å². The van der Waals surface area contributed by atoms with Gasteiger partial charge in [-0.15, -0.1) is 0 Å². The highest BCUT2D eigenvalue weighted by atomic mass is 35.5. The van der Waals surface area contributed by atoms with E-state index in [2.05, 4.69) is 10.3 Å². The number of nitrogens with one attached hydrogen (secondary N) is 1. The number of hydrogen-bond donors (Lipinski definition) is 1. The zero-order valence-electron chi connectivity index (χ0n) is 10.4. The van der Waals surface area contributed by atoms with E-state index >= 15 is 0 Å². The average molecular weight is 263 g/mol. The lowest BCUT2D eigenvalue weighted by Gasteiger charge is -2.18. The molecule has 94 valence electrons. The van der Waals surface area contributed by atoms with Gasteiger partial charge in [-0.05, 0) is 25.2 Å². The summed E-state index contributed by atoms with van der Waals surface area (Å²) in [7, 11) is 3.56. The van der Waals surface area contributed by atoms with Crippen molar-refractivity contribution in [1.82, 2.24) is 10.3 Å². The number of halogens is 1. The first kappa shape index (κ1) is 12.9. The molecule has 0 radical (unpaired) electrons. The molecular weight excluding hydrogens is 248 g/mol. The minimum atomic E-state index is -0.0154. The van der Waals surface area contributed by atoms with Crippen LogP contribution in [0.5, 0.6) is 5.75 Å². The summed E-state index contributed by atoms with van der Waals surface area (Å²) in [5.41, 5.74) is 1.96. The summed E-state index contributed by atoms with van der Waals surface area (Å²) in [4.78, 5) is 4.35. The summed E-state index contributed by atoms with van der Waals surface area (Å²) in [6.07, 6.45) is 1.65. The Kier molecular flexibility index (Phi) is 4.18. The van der Waals surface area contributed by atoms with Crippen LogP contribution < -0.4 is 10.1 Å². The van der Waals surface area contributed by atoms with E-state index in [1.165, 1.54) is 0 Å². The normalized spacial score (nSPS) is 12.2. The minimum Gasteiger partial charge on any atom is -0.496 e. The number of pyridine rings is 1. The minimum absolute atomic E-state index is 0.0154. The number of para-hydroxylation sites is 1. The second-order valence-corrected chi connectivity index (χ2v) is 4.30. The summed E-state index contributed by atoms with van der Waals surface area (Å²) >= 11 is 5.86. The monoisotopic (exact) mass is 262 g/mol. The van der Waals surface area contributed by atoms with E-state index in [1.54, 1.807) is 13.3 Å². The molecule has 0 saturated carbocycles. The fourth-order valence-corrected chi connectivity index (χ4v) is 2.04.